The van der Waals surface area contributed by atoms with Crippen molar-refractivity contribution in [3.8, 4) is 5.69 Å². The van der Waals surface area contributed by atoms with Crippen LogP contribution in [-0.2, 0) is 13.0 Å². The molecule has 0 aliphatic heterocycles. The maximum Gasteiger partial charge on any atom is 0.271 e. The molecular formula is C16H14N4O3. The second kappa shape index (κ2) is 6.37. The van der Waals surface area contributed by atoms with Gasteiger partial charge in [0.25, 0.3) is 5.69 Å². The van der Waals surface area contributed by atoms with Gasteiger partial charge in [-0.2, -0.15) is 0 Å². The molecule has 1 N–H and O–H groups in total. The van der Waals surface area contributed by atoms with Crippen molar-refractivity contribution >= 4 is 5.69 Å². The zero-order valence-electron chi connectivity index (χ0n) is 12.2. The summed E-state index contributed by atoms with van der Waals surface area (Å²) in [6.07, 6.45) is 0.520. The molecule has 7 heteroatoms. The smallest absolute Gasteiger partial charge is 0.271 e. The summed E-state index contributed by atoms with van der Waals surface area (Å²) in [6.45, 7) is -0.239. The van der Waals surface area contributed by atoms with Crippen LogP contribution in [0.4, 0.5) is 5.69 Å². The van der Waals surface area contributed by atoms with Crippen LogP contribution in [0.3, 0.4) is 0 Å². The average molecular weight is 310 g/mol. The number of non-ortho nitro benzene ring substituents is 1. The maximum absolute atomic E-state index is 10.9. The quantitative estimate of drug-likeness (QED) is 0.576. The molecule has 0 unspecified atom stereocenters. The Hall–Kier alpha value is -3.06. The molecule has 23 heavy (non-hydrogen) atoms. The van der Waals surface area contributed by atoms with Gasteiger partial charge in [0, 0.05) is 18.6 Å². The molecule has 0 saturated heterocycles. The molecule has 0 amide bonds. The fraction of sp³-hybridized carbons (Fsp3) is 0.125. The SMILES string of the molecule is O=[N+]([O-])c1cccc(-n2nnc(CO)c2Cc2ccccc2)c1. The molecule has 0 atom stereocenters. The fourth-order valence-electron chi connectivity index (χ4n) is 2.37. The first kappa shape index (κ1) is 14.9. The van der Waals surface area contributed by atoms with E-state index < -0.39 is 4.92 Å². The summed E-state index contributed by atoms with van der Waals surface area (Å²) >= 11 is 0. The van der Waals surface area contributed by atoms with E-state index in [1.807, 2.05) is 30.3 Å². The van der Waals surface area contributed by atoms with Crippen molar-refractivity contribution in [2.75, 3.05) is 0 Å². The van der Waals surface area contributed by atoms with E-state index in [2.05, 4.69) is 10.3 Å². The number of hydrogen-bond acceptors (Lipinski definition) is 5. The largest absolute Gasteiger partial charge is 0.390 e. The van der Waals surface area contributed by atoms with Crippen LogP contribution in [0, 0.1) is 10.1 Å². The molecule has 0 radical (unpaired) electrons. The summed E-state index contributed by atoms with van der Waals surface area (Å²) < 4.78 is 1.53. The van der Waals surface area contributed by atoms with Crippen molar-refractivity contribution in [1.82, 2.24) is 15.0 Å². The van der Waals surface area contributed by atoms with E-state index in [0.717, 1.165) is 5.56 Å². The van der Waals surface area contributed by atoms with Crippen molar-refractivity contribution in [1.29, 1.82) is 0 Å². The molecule has 116 valence electrons. The van der Waals surface area contributed by atoms with E-state index in [9.17, 15) is 15.2 Å². The highest BCUT2D eigenvalue weighted by atomic mass is 16.6. The molecule has 3 rings (SSSR count). The van der Waals surface area contributed by atoms with Crippen LogP contribution in [0.15, 0.2) is 54.6 Å². The predicted octanol–water partition coefficient (Wildman–Crippen LogP) is 2.26. The van der Waals surface area contributed by atoms with E-state index in [0.29, 0.717) is 23.5 Å². The molecule has 0 aliphatic carbocycles. The molecule has 1 aromatic heterocycles. The Kier molecular flexibility index (Phi) is 4.11. The minimum Gasteiger partial charge on any atom is -0.390 e. The molecule has 0 saturated carbocycles. The highest BCUT2D eigenvalue weighted by Crippen LogP contribution is 2.20. The third-order valence-corrected chi connectivity index (χ3v) is 3.49. The Morgan fingerprint density at radius 3 is 2.61 bits per heavy atom. The van der Waals surface area contributed by atoms with Gasteiger partial charge >= 0.3 is 0 Å². The molecule has 0 bridgehead atoms. The Morgan fingerprint density at radius 1 is 1.13 bits per heavy atom. The zero-order chi connectivity index (χ0) is 16.2. The normalized spacial score (nSPS) is 10.7. The standard InChI is InChI=1S/C16H14N4O3/c21-11-15-16(9-12-5-2-1-3-6-12)19(18-17-15)13-7-4-8-14(10-13)20(22)23/h1-8,10,21H,9,11H2. The van der Waals surface area contributed by atoms with Gasteiger partial charge in [-0.1, -0.05) is 41.6 Å². The van der Waals surface area contributed by atoms with Crippen LogP contribution in [0.5, 0.6) is 0 Å². The predicted molar refractivity (Wildman–Crippen MR) is 83.2 cm³/mol. The lowest BCUT2D eigenvalue weighted by molar-refractivity contribution is -0.384. The molecule has 2 aromatic carbocycles. The highest BCUT2D eigenvalue weighted by Gasteiger charge is 2.16. The van der Waals surface area contributed by atoms with Crippen LogP contribution in [0.25, 0.3) is 5.69 Å². The molecule has 3 aromatic rings. The van der Waals surface area contributed by atoms with Crippen molar-refractivity contribution in [2.24, 2.45) is 0 Å². The number of aliphatic hydroxyl groups is 1. The van der Waals surface area contributed by atoms with Crippen LogP contribution < -0.4 is 0 Å². The minimum absolute atomic E-state index is 0.0193. The number of aromatic nitrogens is 3. The number of rotatable bonds is 5. The lowest BCUT2D eigenvalue weighted by Crippen LogP contribution is -2.05. The maximum atomic E-state index is 10.9. The summed E-state index contributed by atoms with van der Waals surface area (Å²) in [7, 11) is 0. The number of aliphatic hydroxyl groups excluding tert-OH is 1. The minimum atomic E-state index is -0.454. The lowest BCUT2D eigenvalue weighted by Gasteiger charge is -2.08. The van der Waals surface area contributed by atoms with E-state index in [4.69, 9.17) is 0 Å². The Bertz CT molecular complexity index is 830. The van der Waals surface area contributed by atoms with Gasteiger partial charge in [0.05, 0.1) is 22.9 Å². The van der Waals surface area contributed by atoms with Crippen LogP contribution >= 0.6 is 0 Å². The second-order valence-electron chi connectivity index (χ2n) is 4.99. The van der Waals surface area contributed by atoms with Gasteiger partial charge in [0.15, 0.2) is 0 Å². The average Bonchev–Trinajstić information content (AvgIpc) is 2.98. The first-order chi connectivity index (χ1) is 11.2. The van der Waals surface area contributed by atoms with Crippen molar-refractivity contribution in [2.45, 2.75) is 13.0 Å². The van der Waals surface area contributed by atoms with Gasteiger partial charge in [-0.15, -0.1) is 5.10 Å². The third-order valence-electron chi connectivity index (χ3n) is 3.49. The van der Waals surface area contributed by atoms with Gasteiger partial charge < -0.3 is 5.11 Å². The number of hydrogen-bond donors (Lipinski definition) is 1. The van der Waals surface area contributed by atoms with Crippen LogP contribution in [-0.4, -0.2) is 25.0 Å². The van der Waals surface area contributed by atoms with Crippen LogP contribution in [0.2, 0.25) is 0 Å². The molecule has 7 nitrogen and oxygen atoms in total. The molecule has 0 aliphatic rings. The van der Waals surface area contributed by atoms with Crippen molar-refractivity contribution in [3.63, 3.8) is 0 Å². The van der Waals surface area contributed by atoms with E-state index in [-0.39, 0.29) is 12.3 Å². The summed E-state index contributed by atoms with van der Waals surface area (Å²) in [5, 5.41) is 28.4. The van der Waals surface area contributed by atoms with Crippen molar-refractivity contribution in [3.05, 3.63) is 81.7 Å². The Labute approximate surface area is 132 Å². The second-order valence-corrected chi connectivity index (χ2v) is 4.99. The van der Waals surface area contributed by atoms with Gasteiger partial charge in [-0.25, -0.2) is 4.68 Å². The topological polar surface area (TPSA) is 94.1 Å². The van der Waals surface area contributed by atoms with Gasteiger partial charge in [0.1, 0.15) is 5.69 Å². The number of nitro groups is 1. The monoisotopic (exact) mass is 310 g/mol. The first-order valence-corrected chi connectivity index (χ1v) is 7.02. The van der Waals surface area contributed by atoms with E-state index in [1.54, 1.807) is 12.1 Å². The number of nitrogens with zero attached hydrogens (tertiary/aromatic N) is 4. The van der Waals surface area contributed by atoms with E-state index in [1.165, 1.54) is 16.8 Å². The fourth-order valence-corrected chi connectivity index (χ4v) is 2.37. The molecular weight excluding hydrogens is 296 g/mol. The highest BCUT2D eigenvalue weighted by molar-refractivity contribution is 5.44. The van der Waals surface area contributed by atoms with E-state index >= 15 is 0 Å². The number of benzene rings is 2. The molecule has 1 heterocycles. The molecule has 0 fully saturated rings. The summed E-state index contributed by atoms with van der Waals surface area (Å²) in [6, 6.07) is 15.9. The van der Waals surface area contributed by atoms with Gasteiger partial charge in [0.2, 0.25) is 0 Å². The molecule has 0 spiro atoms. The summed E-state index contributed by atoms with van der Waals surface area (Å²) in [5.74, 6) is 0. The first-order valence-electron chi connectivity index (χ1n) is 7.02. The Morgan fingerprint density at radius 2 is 1.91 bits per heavy atom. The lowest BCUT2D eigenvalue weighted by atomic mass is 10.1. The van der Waals surface area contributed by atoms with Crippen LogP contribution in [0.1, 0.15) is 17.0 Å². The Balaban J connectivity index is 2.05. The van der Waals surface area contributed by atoms with Gasteiger partial charge in [-0.3, -0.25) is 10.1 Å². The zero-order valence-corrected chi connectivity index (χ0v) is 12.2. The van der Waals surface area contributed by atoms with Crippen molar-refractivity contribution < 1.29 is 10.0 Å². The summed E-state index contributed by atoms with van der Waals surface area (Å²) in [4.78, 5) is 10.5. The van der Waals surface area contributed by atoms with Gasteiger partial charge in [-0.05, 0) is 11.6 Å². The summed E-state index contributed by atoms with van der Waals surface area (Å²) in [5.41, 5.74) is 2.72. The third kappa shape index (κ3) is 3.09. The number of nitro benzene ring substituents is 1.